The molecule has 0 bridgehead atoms. The van der Waals surface area contributed by atoms with Gasteiger partial charge in [0.25, 0.3) is 0 Å². The summed E-state index contributed by atoms with van der Waals surface area (Å²) in [7, 11) is 0. The molecule has 1 aromatic rings. The van der Waals surface area contributed by atoms with Crippen molar-refractivity contribution >= 4 is 6.09 Å². The summed E-state index contributed by atoms with van der Waals surface area (Å²) in [6.45, 7) is 7.09. The number of ether oxygens (including phenoxy) is 1. The molecule has 1 saturated heterocycles. The van der Waals surface area contributed by atoms with Crippen LogP contribution in [0.25, 0.3) is 0 Å². The van der Waals surface area contributed by atoms with Crippen molar-refractivity contribution in [2.24, 2.45) is 0 Å². The van der Waals surface area contributed by atoms with Gasteiger partial charge in [-0.25, -0.2) is 4.79 Å². The van der Waals surface area contributed by atoms with Gasteiger partial charge in [0.2, 0.25) is 0 Å². The minimum absolute atomic E-state index is 0.154. The Morgan fingerprint density at radius 1 is 1.50 bits per heavy atom. The van der Waals surface area contributed by atoms with Gasteiger partial charge in [-0.3, -0.25) is 4.68 Å². The van der Waals surface area contributed by atoms with E-state index >= 15 is 0 Å². The molecule has 1 aliphatic rings. The molecule has 6 heteroatoms. The third kappa shape index (κ3) is 3.21. The zero-order valence-corrected chi connectivity index (χ0v) is 11.2. The molecule has 1 aromatic heterocycles. The molecule has 0 spiro atoms. The van der Waals surface area contributed by atoms with Gasteiger partial charge in [-0.1, -0.05) is 5.21 Å². The number of amides is 1. The fourth-order valence-corrected chi connectivity index (χ4v) is 2.13. The second-order valence-electron chi connectivity index (χ2n) is 5.59. The smallest absolute Gasteiger partial charge is 0.410 e. The molecule has 18 heavy (non-hydrogen) atoms. The summed E-state index contributed by atoms with van der Waals surface area (Å²) in [5.74, 6) is 0. The standard InChI is InChI=1S/C12H20N4O2/c1-12(2,3)18-11(17)16-7-4-5-10(16)9-15-8-6-13-14-15/h6,8,10H,4-5,7,9H2,1-3H3. The summed E-state index contributed by atoms with van der Waals surface area (Å²) < 4.78 is 7.17. The van der Waals surface area contributed by atoms with Gasteiger partial charge in [0.05, 0.1) is 18.8 Å². The average Bonchev–Trinajstić information content (AvgIpc) is 2.86. The van der Waals surface area contributed by atoms with Crippen molar-refractivity contribution in [3.63, 3.8) is 0 Å². The number of hydrogen-bond acceptors (Lipinski definition) is 4. The maximum Gasteiger partial charge on any atom is 0.410 e. The van der Waals surface area contributed by atoms with Crippen molar-refractivity contribution in [3.8, 4) is 0 Å². The first-order valence-electron chi connectivity index (χ1n) is 6.29. The van der Waals surface area contributed by atoms with E-state index in [4.69, 9.17) is 4.74 Å². The topological polar surface area (TPSA) is 60.2 Å². The molecule has 0 radical (unpaired) electrons. The number of hydrogen-bond donors (Lipinski definition) is 0. The second-order valence-corrected chi connectivity index (χ2v) is 5.59. The Labute approximate surface area is 107 Å². The van der Waals surface area contributed by atoms with Crippen molar-refractivity contribution in [1.82, 2.24) is 19.9 Å². The lowest BCUT2D eigenvalue weighted by atomic mass is 10.2. The van der Waals surface area contributed by atoms with Crippen LogP contribution in [-0.4, -0.2) is 44.2 Å². The highest BCUT2D eigenvalue weighted by atomic mass is 16.6. The molecule has 6 nitrogen and oxygen atoms in total. The van der Waals surface area contributed by atoms with E-state index in [9.17, 15) is 4.79 Å². The van der Waals surface area contributed by atoms with Gasteiger partial charge in [-0.2, -0.15) is 0 Å². The van der Waals surface area contributed by atoms with Crippen molar-refractivity contribution in [2.75, 3.05) is 6.54 Å². The van der Waals surface area contributed by atoms with Crippen molar-refractivity contribution in [3.05, 3.63) is 12.4 Å². The minimum Gasteiger partial charge on any atom is -0.444 e. The molecule has 1 aliphatic heterocycles. The number of nitrogens with zero attached hydrogens (tertiary/aromatic N) is 4. The van der Waals surface area contributed by atoms with Crippen LogP contribution in [0, 0.1) is 0 Å². The highest BCUT2D eigenvalue weighted by Crippen LogP contribution is 2.21. The van der Waals surface area contributed by atoms with Gasteiger partial charge < -0.3 is 9.64 Å². The predicted octanol–water partition coefficient (Wildman–Crippen LogP) is 1.68. The number of likely N-dealkylation sites (tertiary alicyclic amines) is 1. The molecule has 2 heterocycles. The molecule has 0 aromatic carbocycles. The first-order valence-corrected chi connectivity index (χ1v) is 6.29. The van der Waals surface area contributed by atoms with Crippen LogP contribution in [0.1, 0.15) is 33.6 Å². The molecule has 2 rings (SSSR count). The van der Waals surface area contributed by atoms with Gasteiger partial charge in [-0.15, -0.1) is 5.10 Å². The molecule has 1 unspecified atom stereocenters. The zero-order valence-electron chi connectivity index (χ0n) is 11.2. The van der Waals surface area contributed by atoms with Crippen LogP contribution in [0.5, 0.6) is 0 Å². The number of carbonyl (C=O) groups excluding carboxylic acids is 1. The van der Waals surface area contributed by atoms with Crippen LogP contribution >= 0.6 is 0 Å². The molecule has 0 saturated carbocycles. The SMILES string of the molecule is CC(C)(C)OC(=O)N1CCCC1Cn1ccnn1. The van der Waals surface area contributed by atoms with Crippen LogP contribution in [0.4, 0.5) is 4.79 Å². The van der Waals surface area contributed by atoms with Gasteiger partial charge >= 0.3 is 6.09 Å². The Kier molecular flexibility index (Phi) is 3.54. The predicted molar refractivity (Wildman–Crippen MR) is 66.0 cm³/mol. The largest absolute Gasteiger partial charge is 0.444 e. The highest BCUT2D eigenvalue weighted by molar-refractivity contribution is 5.68. The second kappa shape index (κ2) is 4.96. The first-order chi connectivity index (χ1) is 8.46. The van der Waals surface area contributed by atoms with Gasteiger partial charge in [0.1, 0.15) is 5.60 Å². The zero-order chi connectivity index (χ0) is 13.2. The Bertz CT molecular complexity index is 397. The number of aromatic nitrogens is 3. The summed E-state index contributed by atoms with van der Waals surface area (Å²) in [5.41, 5.74) is -0.447. The fraction of sp³-hybridized carbons (Fsp3) is 0.750. The van der Waals surface area contributed by atoms with Crippen molar-refractivity contribution < 1.29 is 9.53 Å². The molecular weight excluding hydrogens is 232 g/mol. The summed E-state index contributed by atoms with van der Waals surface area (Å²) in [6.07, 6.45) is 5.22. The first kappa shape index (κ1) is 12.9. The van der Waals surface area contributed by atoms with E-state index in [0.29, 0.717) is 6.54 Å². The minimum atomic E-state index is -0.447. The molecule has 0 aliphatic carbocycles. The lowest BCUT2D eigenvalue weighted by molar-refractivity contribution is 0.0211. The quantitative estimate of drug-likeness (QED) is 0.803. The molecule has 1 atom stereocenters. The van der Waals surface area contributed by atoms with E-state index in [0.717, 1.165) is 19.4 Å². The molecule has 1 amide bonds. The van der Waals surface area contributed by atoms with Crippen LogP contribution in [-0.2, 0) is 11.3 Å². The maximum atomic E-state index is 12.1. The maximum absolute atomic E-state index is 12.1. The summed E-state index contributed by atoms with van der Waals surface area (Å²) in [4.78, 5) is 13.9. The fourth-order valence-electron chi connectivity index (χ4n) is 2.13. The third-order valence-corrected chi connectivity index (χ3v) is 2.87. The molecule has 100 valence electrons. The molecule has 1 fully saturated rings. The molecular formula is C12H20N4O2. The Morgan fingerprint density at radius 3 is 2.89 bits per heavy atom. The van der Waals surface area contributed by atoms with Crippen LogP contribution in [0.2, 0.25) is 0 Å². The lowest BCUT2D eigenvalue weighted by Crippen LogP contribution is -2.41. The summed E-state index contributed by atoms with van der Waals surface area (Å²) in [5, 5.41) is 7.71. The monoisotopic (exact) mass is 252 g/mol. The summed E-state index contributed by atoms with van der Waals surface area (Å²) in [6, 6.07) is 0.154. The van der Waals surface area contributed by atoms with Crippen molar-refractivity contribution in [2.45, 2.75) is 51.8 Å². The highest BCUT2D eigenvalue weighted by Gasteiger charge is 2.32. The van der Waals surface area contributed by atoms with Gasteiger partial charge in [0.15, 0.2) is 0 Å². The van der Waals surface area contributed by atoms with Crippen molar-refractivity contribution in [1.29, 1.82) is 0 Å². The Morgan fingerprint density at radius 2 is 2.28 bits per heavy atom. The number of carbonyl (C=O) groups is 1. The van der Waals surface area contributed by atoms with Crippen LogP contribution in [0.3, 0.4) is 0 Å². The van der Waals surface area contributed by atoms with Gasteiger partial charge in [0, 0.05) is 12.7 Å². The van der Waals surface area contributed by atoms with E-state index in [1.807, 2.05) is 27.0 Å². The Hall–Kier alpha value is -1.59. The van der Waals surface area contributed by atoms with E-state index in [1.54, 1.807) is 15.8 Å². The summed E-state index contributed by atoms with van der Waals surface area (Å²) >= 11 is 0. The van der Waals surface area contributed by atoms with E-state index in [2.05, 4.69) is 10.3 Å². The van der Waals surface area contributed by atoms with E-state index in [1.165, 1.54) is 0 Å². The molecule has 0 N–H and O–H groups in total. The Balaban J connectivity index is 1.97. The van der Waals surface area contributed by atoms with Crippen LogP contribution < -0.4 is 0 Å². The normalized spacial score (nSPS) is 20.2. The van der Waals surface area contributed by atoms with E-state index in [-0.39, 0.29) is 12.1 Å². The number of rotatable bonds is 2. The lowest BCUT2D eigenvalue weighted by Gasteiger charge is -2.28. The third-order valence-electron chi connectivity index (χ3n) is 2.87. The van der Waals surface area contributed by atoms with E-state index < -0.39 is 5.60 Å². The van der Waals surface area contributed by atoms with Gasteiger partial charge in [-0.05, 0) is 33.6 Å². The van der Waals surface area contributed by atoms with Crippen LogP contribution in [0.15, 0.2) is 12.4 Å². The average molecular weight is 252 g/mol.